The molecule has 0 spiro atoms. The number of hydrogen-bond acceptors (Lipinski definition) is 3. The van der Waals surface area contributed by atoms with E-state index in [-0.39, 0.29) is 5.41 Å². The molecule has 1 atom stereocenters. The summed E-state index contributed by atoms with van der Waals surface area (Å²) >= 11 is 0. The van der Waals surface area contributed by atoms with Gasteiger partial charge in [0.05, 0.1) is 4.90 Å². The SMILES string of the molecule is CCNS(=O)(=O)c1ccc(CC(NC)C(C)(C)C)cc1. The second-order valence-electron chi connectivity index (χ2n) is 6.06. The van der Waals surface area contributed by atoms with Gasteiger partial charge in [-0.2, -0.15) is 0 Å². The Morgan fingerprint density at radius 1 is 1.15 bits per heavy atom. The summed E-state index contributed by atoms with van der Waals surface area (Å²) in [7, 11) is -1.40. The zero-order valence-corrected chi connectivity index (χ0v) is 13.8. The van der Waals surface area contributed by atoms with Crippen LogP contribution in [0.25, 0.3) is 0 Å². The molecule has 0 amide bonds. The lowest BCUT2D eigenvalue weighted by molar-refractivity contribution is 0.280. The molecule has 0 saturated carbocycles. The van der Waals surface area contributed by atoms with E-state index in [1.165, 1.54) is 0 Å². The van der Waals surface area contributed by atoms with Crippen molar-refractivity contribution < 1.29 is 8.42 Å². The second kappa shape index (κ2) is 6.70. The van der Waals surface area contributed by atoms with Crippen LogP contribution in [0.2, 0.25) is 0 Å². The van der Waals surface area contributed by atoms with Crippen LogP contribution in [0.4, 0.5) is 0 Å². The zero-order valence-electron chi connectivity index (χ0n) is 13.0. The Bertz CT molecular complexity index is 516. The molecule has 114 valence electrons. The average Bonchev–Trinajstić information content (AvgIpc) is 2.35. The van der Waals surface area contributed by atoms with Crippen molar-refractivity contribution in [1.29, 1.82) is 0 Å². The fraction of sp³-hybridized carbons (Fsp3) is 0.600. The highest BCUT2D eigenvalue weighted by Gasteiger charge is 2.23. The molecule has 20 heavy (non-hydrogen) atoms. The van der Waals surface area contributed by atoms with Crippen molar-refractivity contribution in [3.8, 4) is 0 Å². The molecule has 1 unspecified atom stereocenters. The van der Waals surface area contributed by atoms with Crippen molar-refractivity contribution >= 4 is 10.0 Å². The third-order valence-electron chi connectivity index (χ3n) is 3.40. The summed E-state index contributed by atoms with van der Waals surface area (Å²) in [4.78, 5) is 0.319. The molecule has 2 N–H and O–H groups in total. The van der Waals surface area contributed by atoms with E-state index in [2.05, 4.69) is 30.8 Å². The van der Waals surface area contributed by atoms with E-state index in [0.717, 1.165) is 12.0 Å². The van der Waals surface area contributed by atoms with Crippen molar-refractivity contribution in [3.05, 3.63) is 29.8 Å². The van der Waals surface area contributed by atoms with E-state index in [0.29, 0.717) is 17.5 Å². The molecule has 0 aliphatic rings. The predicted molar refractivity (Wildman–Crippen MR) is 83.3 cm³/mol. The highest BCUT2D eigenvalue weighted by Crippen LogP contribution is 2.22. The third kappa shape index (κ3) is 4.58. The van der Waals surface area contributed by atoms with Crippen LogP contribution in [-0.2, 0) is 16.4 Å². The molecule has 0 bridgehead atoms. The summed E-state index contributed by atoms with van der Waals surface area (Å²) in [6.07, 6.45) is 0.877. The fourth-order valence-electron chi connectivity index (χ4n) is 2.16. The Hall–Kier alpha value is -0.910. The normalized spacial score (nSPS) is 14.2. The van der Waals surface area contributed by atoms with Crippen LogP contribution >= 0.6 is 0 Å². The van der Waals surface area contributed by atoms with Gasteiger partial charge >= 0.3 is 0 Å². The van der Waals surface area contributed by atoms with Gasteiger partial charge in [-0.15, -0.1) is 0 Å². The maximum atomic E-state index is 11.9. The lowest BCUT2D eigenvalue weighted by Crippen LogP contribution is -2.39. The van der Waals surface area contributed by atoms with E-state index in [4.69, 9.17) is 0 Å². The topological polar surface area (TPSA) is 58.2 Å². The summed E-state index contributed by atoms with van der Waals surface area (Å²) in [5, 5.41) is 3.33. The minimum Gasteiger partial charge on any atom is -0.316 e. The van der Waals surface area contributed by atoms with E-state index >= 15 is 0 Å². The van der Waals surface area contributed by atoms with Crippen molar-refractivity contribution in [3.63, 3.8) is 0 Å². The van der Waals surface area contributed by atoms with E-state index in [9.17, 15) is 8.42 Å². The minimum atomic E-state index is -3.36. The van der Waals surface area contributed by atoms with E-state index < -0.39 is 10.0 Å². The highest BCUT2D eigenvalue weighted by atomic mass is 32.2. The second-order valence-corrected chi connectivity index (χ2v) is 7.82. The number of hydrogen-bond donors (Lipinski definition) is 2. The van der Waals surface area contributed by atoms with Gasteiger partial charge in [-0.25, -0.2) is 13.1 Å². The Labute approximate surface area is 123 Å². The molecule has 0 radical (unpaired) electrons. The van der Waals surface area contributed by atoms with Gasteiger partial charge in [-0.1, -0.05) is 39.8 Å². The number of likely N-dealkylation sites (N-methyl/N-ethyl adjacent to an activating group) is 1. The van der Waals surface area contributed by atoms with Gasteiger partial charge in [0.2, 0.25) is 10.0 Å². The monoisotopic (exact) mass is 298 g/mol. The van der Waals surface area contributed by atoms with Crippen LogP contribution in [0.1, 0.15) is 33.3 Å². The smallest absolute Gasteiger partial charge is 0.240 e. The molecule has 1 aromatic rings. The maximum absolute atomic E-state index is 11.9. The predicted octanol–water partition coefficient (Wildman–Crippen LogP) is 2.16. The third-order valence-corrected chi connectivity index (χ3v) is 4.96. The van der Waals surface area contributed by atoms with Gasteiger partial charge in [0, 0.05) is 12.6 Å². The lowest BCUT2D eigenvalue weighted by Gasteiger charge is -2.30. The van der Waals surface area contributed by atoms with Crippen LogP contribution in [0.3, 0.4) is 0 Å². The molecule has 0 aliphatic carbocycles. The van der Waals surface area contributed by atoms with Gasteiger partial charge in [0.1, 0.15) is 0 Å². The summed E-state index contributed by atoms with van der Waals surface area (Å²) < 4.78 is 26.2. The number of nitrogens with one attached hydrogen (secondary N) is 2. The van der Waals surface area contributed by atoms with Gasteiger partial charge in [0.15, 0.2) is 0 Å². The van der Waals surface area contributed by atoms with Crippen LogP contribution in [0.5, 0.6) is 0 Å². The molecule has 1 aromatic carbocycles. The Kier molecular flexibility index (Phi) is 5.74. The quantitative estimate of drug-likeness (QED) is 0.846. The molecular formula is C15H26N2O2S. The Morgan fingerprint density at radius 2 is 1.70 bits per heavy atom. The summed E-state index contributed by atoms with van der Waals surface area (Å²) in [6.45, 7) is 8.75. The van der Waals surface area contributed by atoms with Crippen molar-refractivity contribution in [2.75, 3.05) is 13.6 Å². The number of benzene rings is 1. The Balaban J connectivity index is 2.87. The van der Waals surface area contributed by atoms with E-state index in [1.54, 1.807) is 19.1 Å². The zero-order chi connectivity index (χ0) is 15.4. The molecular weight excluding hydrogens is 272 g/mol. The van der Waals surface area contributed by atoms with Gasteiger partial charge < -0.3 is 5.32 Å². The molecule has 0 aliphatic heterocycles. The lowest BCUT2D eigenvalue weighted by atomic mass is 9.83. The van der Waals surface area contributed by atoms with Crippen molar-refractivity contribution in [2.24, 2.45) is 5.41 Å². The first-order chi connectivity index (χ1) is 9.20. The molecule has 4 nitrogen and oxygen atoms in total. The van der Waals surface area contributed by atoms with Crippen molar-refractivity contribution in [1.82, 2.24) is 10.0 Å². The molecule has 5 heteroatoms. The Morgan fingerprint density at radius 3 is 2.10 bits per heavy atom. The first-order valence-corrected chi connectivity index (χ1v) is 8.45. The first kappa shape index (κ1) is 17.1. The summed E-state index contributed by atoms with van der Waals surface area (Å²) in [5.41, 5.74) is 1.29. The van der Waals surface area contributed by atoms with E-state index in [1.807, 2.05) is 19.2 Å². The molecule has 1 rings (SSSR count). The summed E-state index contributed by atoms with van der Waals surface area (Å²) in [5.74, 6) is 0. The molecule has 0 fully saturated rings. The van der Waals surface area contributed by atoms with Gasteiger partial charge in [-0.05, 0) is 36.6 Å². The van der Waals surface area contributed by atoms with Crippen LogP contribution in [0.15, 0.2) is 29.2 Å². The molecule has 0 heterocycles. The largest absolute Gasteiger partial charge is 0.316 e. The van der Waals surface area contributed by atoms with Crippen LogP contribution in [-0.4, -0.2) is 28.1 Å². The first-order valence-electron chi connectivity index (χ1n) is 6.96. The van der Waals surface area contributed by atoms with Crippen LogP contribution in [0, 0.1) is 5.41 Å². The maximum Gasteiger partial charge on any atom is 0.240 e. The summed E-state index contributed by atoms with van der Waals surface area (Å²) in [6, 6.07) is 7.46. The average molecular weight is 298 g/mol. The van der Waals surface area contributed by atoms with Crippen molar-refractivity contribution in [2.45, 2.75) is 45.1 Å². The molecule has 0 saturated heterocycles. The standard InChI is InChI=1S/C15H26N2O2S/c1-6-17-20(18,19)13-9-7-12(8-10-13)11-14(16-5)15(2,3)4/h7-10,14,16-17H,6,11H2,1-5H3. The van der Waals surface area contributed by atoms with Gasteiger partial charge in [0.25, 0.3) is 0 Å². The van der Waals surface area contributed by atoms with Gasteiger partial charge in [-0.3, -0.25) is 0 Å². The minimum absolute atomic E-state index is 0.156. The fourth-order valence-corrected chi connectivity index (χ4v) is 3.20. The van der Waals surface area contributed by atoms with Crippen LogP contribution < -0.4 is 10.0 Å². The highest BCUT2D eigenvalue weighted by molar-refractivity contribution is 7.89. The molecule has 0 aromatic heterocycles. The number of rotatable bonds is 6. The number of sulfonamides is 1.